The van der Waals surface area contributed by atoms with Crippen molar-refractivity contribution in [2.45, 2.75) is 39.2 Å². The van der Waals surface area contributed by atoms with Gasteiger partial charge in [-0.05, 0) is 30.4 Å². The molecule has 0 bridgehead atoms. The van der Waals surface area contributed by atoms with Crippen LogP contribution in [-0.2, 0) is 6.54 Å². The topological polar surface area (TPSA) is 45.0 Å². The Bertz CT molecular complexity index is 484. The molecule has 102 valence electrons. The molecule has 1 aliphatic carbocycles. The number of nitriles is 1. The summed E-state index contributed by atoms with van der Waals surface area (Å²) in [4.78, 5) is 0. The summed E-state index contributed by atoms with van der Waals surface area (Å²) in [6.45, 7) is 5.91. The van der Waals surface area contributed by atoms with Crippen molar-refractivity contribution >= 4 is 0 Å². The van der Waals surface area contributed by atoms with Gasteiger partial charge in [-0.15, -0.1) is 0 Å². The maximum atomic E-state index is 9.06. The molecule has 1 N–H and O–H groups in total. The summed E-state index contributed by atoms with van der Waals surface area (Å²) >= 11 is 0. The number of benzene rings is 1. The van der Waals surface area contributed by atoms with Crippen LogP contribution in [0.3, 0.4) is 0 Å². The molecule has 1 fully saturated rings. The molecule has 0 spiro atoms. The average molecular weight is 258 g/mol. The molecule has 3 nitrogen and oxygen atoms in total. The van der Waals surface area contributed by atoms with E-state index in [1.54, 1.807) is 7.11 Å². The molecular weight excluding hydrogens is 236 g/mol. The van der Waals surface area contributed by atoms with Crippen LogP contribution in [0.5, 0.6) is 5.75 Å². The minimum atomic E-state index is -0.0944. The van der Waals surface area contributed by atoms with Crippen molar-refractivity contribution in [1.82, 2.24) is 5.32 Å². The van der Waals surface area contributed by atoms with E-state index in [1.165, 1.54) is 11.1 Å². The predicted octanol–water partition coefficient (Wildman–Crippen LogP) is 3.21. The van der Waals surface area contributed by atoms with Crippen molar-refractivity contribution in [3.63, 3.8) is 0 Å². The highest BCUT2D eigenvalue weighted by Crippen LogP contribution is 2.44. The third-order valence-corrected chi connectivity index (χ3v) is 3.84. The smallest absolute Gasteiger partial charge is 0.123 e. The summed E-state index contributed by atoms with van der Waals surface area (Å²) in [5.74, 6) is 1.43. The number of nitrogens with one attached hydrogen (secondary N) is 1. The van der Waals surface area contributed by atoms with E-state index >= 15 is 0 Å². The Morgan fingerprint density at radius 2 is 2.16 bits per heavy atom. The Balaban J connectivity index is 2.01. The third-order valence-electron chi connectivity index (χ3n) is 3.84. The van der Waals surface area contributed by atoms with Crippen LogP contribution in [0.2, 0.25) is 0 Å². The average Bonchev–Trinajstić information content (AvgIpc) is 3.19. The van der Waals surface area contributed by atoms with Crippen LogP contribution in [0.15, 0.2) is 18.2 Å². The van der Waals surface area contributed by atoms with Gasteiger partial charge in [-0.3, -0.25) is 0 Å². The largest absolute Gasteiger partial charge is 0.496 e. The molecule has 0 aliphatic heterocycles. The predicted molar refractivity (Wildman–Crippen MR) is 76.1 cm³/mol. The highest BCUT2D eigenvalue weighted by Gasteiger charge is 2.42. The van der Waals surface area contributed by atoms with E-state index in [0.717, 1.165) is 31.7 Å². The molecule has 1 aromatic rings. The Morgan fingerprint density at radius 1 is 1.42 bits per heavy atom. The maximum absolute atomic E-state index is 9.06. The fourth-order valence-corrected chi connectivity index (χ4v) is 2.21. The van der Waals surface area contributed by atoms with E-state index in [1.807, 2.05) is 6.07 Å². The Kier molecular flexibility index (Phi) is 4.11. The first kappa shape index (κ1) is 13.9. The zero-order valence-corrected chi connectivity index (χ0v) is 12.0. The monoisotopic (exact) mass is 258 g/mol. The van der Waals surface area contributed by atoms with Crippen LogP contribution in [0.1, 0.15) is 43.7 Å². The van der Waals surface area contributed by atoms with Crippen molar-refractivity contribution in [2.24, 2.45) is 5.41 Å². The summed E-state index contributed by atoms with van der Waals surface area (Å²) in [5, 5.41) is 12.5. The molecule has 0 aromatic heterocycles. The quantitative estimate of drug-likeness (QED) is 0.852. The van der Waals surface area contributed by atoms with Gasteiger partial charge in [0.05, 0.1) is 18.6 Å². The van der Waals surface area contributed by atoms with Gasteiger partial charge in [-0.25, -0.2) is 0 Å². The van der Waals surface area contributed by atoms with Crippen molar-refractivity contribution in [3.05, 3.63) is 29.3 Å². The number of hydrogen-bond acceptors (Lipinski definition) is 3. The molecule has 0 saturated heterocycles. The van der Waals surface area contributed by atoms with Gasteiger partial charge < -0.3 is 10.1 Å². The van der Waals surface area contributed by atoms with Gasteiger partial charge >= 0.3 is 0 Å². The standard InChI is InChI=1S/C16H22N2O/c1-12(2)13-4-5-15(19-3)14(8-13)9-18-11-16(10-17)6-7-16/h4-5,8,12,18H,6-7,9,11H2,1-3H3. The van der Waals surface area contributed by atoms with Gasteiger partial charge in [0.2, 0.25) is 0 Å². The molecule has 2 rings (SSSR count). The summed E-state index contributed by atoms with van der Waals surface area (Å²) in [6.07, 6.45) is 2.05. The molecule has 0 atom stereocenters. The molecule has 1 aromatic carbocycles. The normalized spacial score (nSPS) is 16.2. The first-order valence-electron chi connectivity index (χ1n) is 6.89. The second-order valence-corrected chi connectivity index (χ2v) is 5.72. The summed E-state index contributed by atoms with van der Waals surface area (Å²) in [5.41, 5.74) is 2.39. The van der Waals surface area contributed by atoms with Crippen LogP contribution in [-0.4, -0.2) is 13.7 Å². The molecule has 1 aliphatic rings. The van der Waals surface area contributed by atoms with Crippen molar-refractivity contribution in [3.8, 4) is 11.8 Å². The summed E-state index contributed by atoms with van der Waals surface area (Å²) in [6, 6.07) is 8.75. The Hall–Kier alpha value is -1.53. The minimum absolute atomic E-state index is 0.0944. The fraction of sp³-hybridized carbons (Fsp3) is 0.562. The number of rotatable bonds is 6. The fourth-order valence-electron chi connectivity index (χ4n) is 2.21. The van der Waals surface area contributed by atoms with E-state index in [-0.39, 0.29) is 5.41 Å². The van der Waals surface area contributed by atoms with Gasteiger partial charge in [0, 0.05) is 18.7 Å². The molecule has 0 heterocycles. The maximum Gasteiger partial charge on any atom is 0.123 e. The molecular formula is C16H22N2O. The van der Waals surface area contributed by atoms with Gasteiger partial charge in [0.25, 0.3) is 0 Å². The van der Waals surface area contributed by atoms with Gasteiger partial charge in [0.1, 0.15) is 5.75 Å². The summed E-state index contributed by atoms with van der Waals surface area (Å²) in [7, 11) is 1.70. The van der Waals surface area contributed by atoms with Crippen LogP contribution in [0.4, 0.5) is 0 Å². The van der Waals surface area contributed by atoms with Crippen LogP contribution in [0, 0.1) is 16.7 Å². The minimum Gasteiger partial charge on any atom is -0.496 e. The number of methoxy groups -OCH3 is 1. The van der Waals surface area contributed by atoms with Crippen molar-refractivity contribution < 1.29 is 4.74 Å². The second-order valence-electron chi connectivity index (χ2n) is 5.72. The highest BCUT2D eigenvalue weighted by atomic mass is 16.5. The third kappa shape index (κ3) is 3.27. The molecule has 0 unspecified atom stereocenters. The lowest BCUT2D eigenvalue weighted by atomic mass is 10.00. The van der Waals surface area contributed by atoms with E-state index in [2.05, 4.69) is 37.4 Å². The molecule has 3 heteroatoms. The van der Waals surface area contributed by atoms with E-state index in [9.17, 15) is 0 Å². The lowest BCUT2D eigenvalue weighted by molar-refractivity contribution is 0.406. The molecule has 0 amide bonds. The number of nitrogens with zero attached hydrogens (tertiary/aromatic N) is 1. The van der Waals surface area contributed by atoms with Gasteiger partial charge in [-0.2, -0.15) is 5.26 Å². The number of ether oxygens (including phenoxy) is 1. The zero-order chi connectivity index (χ0) is 13.9. The van der Waals surface area contributed by atoms with Crippen LogP contribution < -0.4 is 10.1 Å². The van der Waals surface area contributed by atoms with Gasteiger partial charge in [0.15, 0.2) is 0 Å². The lowest BCUT2D eigenvalue weighted by Crippen LogP contribution is -2.22. The first-order chi connectivity index (χ1) is 9.10. The molecule has 1 saturated carbocycles. The van der Waals surface area contributed by atoms with E-state index in [0.29, 0.717) is 5.92 Å². The van der Waals surface area contributed by atoms with Crippen LogP contribution in [0.25, 0.3) is 0 Å². The van der Waals surface area contributed by atoms with Gasteiger partial charge in [-0.1, -0.05) is 26.0 Å². The summed E-state index contributed by atoms with van der Waals surface area (Å²) < 4.78 is 5.40. The Morgan fingerprint density at radius 3 is 2.68 bits per heavy atom. The molecule has 19 heavy (non-hydrogen) atoms. The van der Waals surface area contributed by atoms with E-state index < -0.39 is 0 Å². The van der Waals surface area contributed by atoms with E-state index in [4.69, 9.17) is 10.00 Å². The second kappa shape index (κ2) is 5.63. The van der Waals surface area contributed by atoms with Crippen molar-refractivity contribution in [1.29, 1.82) is 5.26 Å². The SMILES string of the molecule is COc1ccc(C(C)C)cc1CNCC1(C#N)CC1. The molecule has 0 radical (unpaired) electrons. The highest BCUT2D eigenvalue weighted by molar-refractivity contribution is 5.38. The first-order valence-corrected chi connectivity index (χ1v) is 6.89. The zero-order valence-electron chi connectivity index (χ0n) is 12.0. The van der Waals surface area contributed by atoms with Crippen molar-refractivity contribution in [2.75, 3.05) is 13.7 Å². The lowest BCUT2D eigenvalue weighted by Gasteiger charge is -2.14. The number of hydrogen-bond donors (Lipinski definition) is 1. The van der Waals surface area contributed by atoms with Crippen LogP contribution >= 0.6 is 0 Å². The Labute approximate surface area is 115 Å².